The molecule has 1 fully saturated rings. The smallest absolute Gasteiger partial charge is 0.335 e. The van der Waals surface area contributed by atoms with Gasteiger partial charge in [-0.3, -0.25) is 4.79 Å². The molecule has 1 saturated heterocycles. The molecule has 0 radical (unpaired) electrons. The predicted molar refractivity (Wildman–Crippen MR) is 95.1 cm³/mol. The van der Waals surface area contributed by atoms with Crippen LogP contribution in [-0.4, -0.2) is 42.1 Å². The number of ether oxygens (including phenoxy) is 1. The van der Waals surface area contributed by atoms with Gasteiger partial charge >= 0.3 is 5.97 Å². The van der Waals surface area contributed by atoms with Crippen LogP contribution in [0.5, 0.6) is 5.75 Å². The fourth-order valence-corrected chi connectivity index (χ4v) is 3.09. The van der Waals surface area contributed by atoms with E-state index in [0.29, 0.717) is 11.3 Å². The number of carboxylic acids is 1. The number of aromatic carboxylic acids is 1. The summed E-state index contributed by atoms with van der Waals surface area (Å²) in [5, 5.41) is 9.23. The van der Waals surface area contributed by atoms with Gasteiger partial charge in [0.2, 0.25) is 0 Å². The van der Waals surface area contributed by atoms with Crippen molar-refractivity contribution >= 4 is 11.9 Å². The molecule has 2 aromatic carbocycles. The Morgan fingerprint density at radius 1 is 0.920 bits per heavy atom. The number of nitrogens with zero attached hydrogens (tertiary/aromatic N) is 1. The molecule has 3 rings (SSSR count). The quantitative estimate of drug-likeness (QED) is 0.922. The van der Waals surface area contributed by atoms with E-state index >= 15 is 0 Å². The van der Waals surface area contributed by atoms with Gasteiger partial charge in [0.1, 0.15) is 5.75 Å². The average Bonchev–Trinajstić information content (AvgIpc) is 2.67. The molecule has 1 aliphatic rings. The van der Waals surface area contributed by atoms with E-state index in [4.69, 9.17) is 4.74 Å². The van der Waals surface area contributed by atoms with Gasteiger partial charge in [-0.25, -0.2) is 4.79 Å². The van der Waals surface area contributed by atoms with E-state index in [1.165, 1.54) is 19.6 Å². The lowest BCUT2D eigenvalue weighted by Crippen LogP contribution is -2.35. The number of methoxy groups -OCH3 is 1. The van der Waals surface area contributed by atoms with Crippen LogP contribution < -0.4 is 4.74 Å². The molecule has 130 valence electrons. The van der Waals surface area contributed by atoms with Gasteiger partial charge in [0.05, 0.1) is 12.7 Å². The molecule has 0 atom stereocenters. The highest BCUT2D eigenvalue weighted by atomic mass is 16.5. The molecule has 1 N–H and O–H groups in total. The first kappa shape index (κ1) is 17.0. The van der Waals surface area contributed by atoms with Crippen molar-refractivity contribution in [2.75, 3.05) is 20.2 Å². The van der Waals surface area contributed by atoms with Crippen LogP contribution >= 0.6 is 0 Å². The summed E-state index contributed by atoms with van der Waals surface area (Å²) in [6.07, 6.45) is 3.31. The van der Waals surface area contributed by atoms with E-state index in [-0.39, 0.29) is 11.5 Å². The van der Waals surface area contributed by atoms with Gasteiger partial charge in [0.15, 0.2) is 0 Å². The van der Waals surface area contributed by atoms with E-state index in [2.05, 4.69) is 0 Å². The Kier molecular flexibility index (Phi) is 5.03. The molecule has 2 aromatic rings. The van der Waals surface area contributed by atoms with Gasteiger partial charge in [-0.1, -0.05) is 12.1 Å². The minimum absolute atomic E-state index is 0.0584. The topological polar surface area (TPSA) is 66.8 Å². The second-order valence-electron chi connectivity index (χ2n) is 6.19. The van der Waals surface area contributed by atoms with E-state index in [9.17, 15) is 14.7 Å². The highest BCUT2D eigenvalue weighted by Crippen LogP contribution is 2.27. The number of hydrogen-bond donors (Lipinski definition) is 1. The van der Waals surface area contributed by atoms with Crippen LogP contribution in [0.15, 0.2) is 42.5 Å². The second-order valence-corrected chi connectivity index (χ2v) is 6.19. The van der Waals surface area contributed by atoms with Crippen molar-refractivity contribution < 1.29 is 19.4 Å². The number of amides is 1. The van der Waals surface area contributed by atoms with Crippen LogP contribution in [0.2, 0.25) is 0 Å². The zero-order valence-corrected chi connectivity index (χ0v) is 14.2. The molecular formula is C20H21NO4. The van der Waals surface area contributed by atoms with E-state index < -0.39 is 5.97 Å². The molecule has 0 saturated carbocycles. The zero-order valence-electron chi connectivity index (χ0n) is 14.2. The van der Waals surface area contributed by atoms with Gasteiger partial charge in [0, 0.05) is 18.7 Å². The highest BCUT2D eigenvalue weighted by molar-refractivity contribution is 5.95. The van der Waals surface area contributed by atoms with Gasteiger partial charge in [0.25, 0.3) is 5.91 Å². The molecule has 0 bridgehead atoms. The molecule has 1 aliphatic heterocycles. The second kappa shape index (κ2) is 7.38. The van der Waals surface area contributed by atoms with Crippen molar-refractivity contribution in [3.05, 3.63) is 53.6 Å². The first-order chi connectivity index (χ1) is 12.1. The van der Waals surface area contributed by atoms with Gasteiger partial charge in [-0.15, -0.1) is 0 Å². The Morgan fingerprint density at radius 2 is 1.60 bits per heavy atom. The molecule has 0 spiro atoms. The SMILES string of the molecule is COc1cc(C(=O)O)cc(-c2ccc(C(=O)N3CCCCC3)cc2)c1. The summed E-state index contributed by atoms with van der Waals surface area (Å²) >= 11 is 0. The van der Waals surface area contributed by atoms with E-state index in [0.717, 1.165) is 37.1 Å². The third kappa shape index (κ3) is 3.82. The molecule has 5 heteroatoms. The number of piperidine rings is 1. The summed E-state index contributed by atoms with van der Waals surface area (Å²) in [5.41, 5.74) is 2.42. The summed E-state index contributed by atoms with van der Waals surface area (Å²) in [5.74, 6) is -0.455. The third-order valence-electron chi connectivity index (χ3n) is 4.50. The Balaban J connectivity index is 1.86. The van der Waals surface area contributed by atoms with Crippen molar-refractivity contribution in [3.8, 4) is 16.9 Å². The number of carbonyl (C=O) groups is 2. The Hall–Kier alpha value is -2.82. The van der Waals surface area contributed by atoms with E-state index in [1.807, 2.05) is 17.0 Å². The molecule has 25 heavy (non-hydrogen) atoms. The maximum atomic E-state index is 12.5. The number of hydrogen-bond acceptors (Lipinski definition) is 3. The fraction of sp³-hybridized carbons (Fsp3) is 0.300. The molecule has 5 nitrogen and oxygen atoms in total. The Labute approximate surface area is 146 Å². The number of carbonyl (C=O) groups excluding carboxylic acids is 1. The lowest BCUT2D eigenvalue weighted by molar-refractivity contribution is 0.0694. The summed E-state index contributed by atoms with van der Waals surface area (Å²) in [6, 6.07) is 12.2. The number of carboxylic acid groups (broad SMARTS) is 1. The minimum Gasteiger partial charge on any atom is -0.497 e. The highest BCUT2D eigenvalue weighted by Gasteiger charge is 2.18. The maximum Gasteiger partial charge on any atom is 0.335 e. The number of rotatable bonds is 4. The van der Waals surface area contributed by atoms with Crippen LogP contribution in [0.4, 0.5) is 0 Å². The number of benzene rings is 2. The summed E-state index contributed by atoms with van der Waals surface area (Å²) in [6.45, 7) is 1.64. The lowest BCUT2D eigenvalue weighted by atomic mass is 10.0. The predicted octanol–water partition coefficient (Wildman–Crippen LogP) is 3.69. The van der Waals surface area contributed by atoms with Crippen LogP contribution in [-0.2, 0) is 0 Å². The van der Waals surface area contributed by atoms with Crippen molar-refractivity contribution in [2.24, 2.45) is 0 Å². The molecule has 0 aromatic heterocycles. The van der Waals surface area contributed by atoms with Crippen LogP contribution in [0, 0.1) is 0 Å². The van der Waals surface area contributed by atoms with Crippen LogP contribution in [0.25, 0.3) is 11.1 Å². The maximum absolute atomic E-state index is 12.5. The van der Waals surface area contributed by atoms with Crippen molar-refractivity contribution in [3.63, 3.8) is 0 Å². The zero-order chi connectivity index (χ0) is 17.8. The molecule has 1 heterocycles. The monoisotopic (exact) mass is 339 g/mol. The van der Waals surface area contributed by atoms with Crippen molar-refractivity contribution in [2.45, 2.75) is 19.3 Å². The number of likely N-dealkylation sites (tertiary alicyclic amines) is 1. The lowest BCUT2D eigenvalue weighted by Gasteiger charge is -2.26. The first-order valence-corrected chi connectivity index (χ1v) is 8.40. The van der Waals surface area contributed by atoms with Crippen LogP contribution in [0.1, 0.15) is 40.0 Å². The van der Waals surface area contributed by atoms with Gasteiger partial charge in [-0.05, 0) is 60.7 Å². The van der Waals surface area contributed by atoms with E-state index in [1.54, 1.807) is 24.3 Å². The molecule has 0 unspecified atom stereocenters. The molecule has 0 aliphatic carbocycles. The van der Waals surface area contributed by atoms with Gasteiger partial charge < -0.3 is 14.7 Å². The Bertz CT molecular complexity index is 777. The largest absolute Gasteiger partial charge is 0.497 e. The van der Waals surface area contributed by atoms with Crippen molar-refractivity contribution in [1.82, 2.24) is 4.90 Å². The summed E-state index contributed by atoms with van der Waals surface area (Å²) in [4.78, 5) is 25.7. The Morgan fingerprint density at radius 3 is 2.20 bits per heavy atom. The molecule has 1 amide bonds. The summed E-state index contributed by atoms with van der Waals surface area (Å²) in [7, 11) is 1.51. The van der Waals surface area contributed by atoms with Crippen LogP contribution in [0.3, 0.4) is 0 Å². The molecular weight excluding hydrogens is 318 g/mol. The minimum atomic E-state index is -1.00. The van der Waals surface area contributed by atoms with Crippen molar-refractivity contribution in [1.29, 1.82) is 0 Å². The standard InChI is InChI=1S/C20H21NO4/c1-25-18-12-16(11-17(13-18)20(23)24)14-5-7-15(8-6-14)19(22)21-9-3-2-4-10-21/h5-8,11-13H,2-4,9-10H2,1H3,(H,23,24). The van der Waals surface area contributed by atoms with Gasteiger partial charge in [-0.2, -0.15) is 0 Å². The first-order valence-electron chi connectivity index (χ1n) is 8.40. The summed E-state index contributed by atoms with van der Waals surface area (Å²) < 4.78 is 5.18. The normalized spacial score (nSPS) is 14.2. The third-order valence-corrected chi connectivity index (χ3v) is 4.50. The fourth-order valence-electron chi connectivity index (χ4n) is 3.09. The average molecular weight is 339 g/mol.